The van der Waals surface area contributed by atoms with Gasteiger partial charge in [-0.15, -0.1) is 0 Å². The third-order valence-electron chi connectivity index (χ3n) is 3.90. The van der Waals surface area contributed by atoms with Gasteiger partial charge in [-0.3, -0.25) is 9.78 Å². The molecule has 3 aromatic rings. The van der Waals surface area contributed by atoms with E-state index in [0.29, 0.717) is 16.9 Å². The number of para-hydroxylation sites is 1. The summed E-state index contributed by atoms with van der Waals surface area (Å²) in [6.45, 7) is 1.80. The van der Waals surface area contributed by atoms with Crippen LogP contribution in [0.3, 0.4) is 0 Å². The number of rotatable bonds is 4. The number of hydrogen-bond donors (Lipinski definition) is 1. The number of hydrogen-bond acceptors (Lipinski definition) is 4. The van der Waals surface area contributed by atoms with Crippen LogP contribution in [0, 0.1) is 6.92 Å². The highest BCUT2D eigenvalue weighted by Gasteiger charge is 2.14. The molecule has 0 unspecified atom stereocenters. The number of fused-ring (bicyclic) bond motifs is 1. The molecule has 0 aliphatic rings. The summed E-state index contributed by atoms with van der Waals surface area (Å²) in [6, 6.07) is 15.0. The number of carbonyl (C=O) groups is 1. The van der Waals surface area contributed by atoms with Crippen LogP contribution in [0.4, 0.5) is 5.69 Å². The Morgan fingerprint density at radius 1 is 1.12 bits per heavy atom. The number of ketones is 1. The molecule has 2 aromatic carbocycles. The molecule has 3 rings (SSSR count). The topological polar surface area (TPSA) is 65.2 Å². The predicted octanol–water partition coefficient (Wildman–Crippen LogP) is 4.03. The van der Waals surface area contributed by atoms with Crippen LogP contribution in [-0.2, 0) is 0 Å². The zero-order chi connectivity index (χ0) is 17.1. The van der Waals surface area contributed by atoms with Gasteiger partial charge in [-0.1, -0.05) is 36.4 Å². The standard InChI is InChI=1S/C20H18N2O2/c1-13-19(20(21)16-5-3-4-6-17(16)22-13)18(23)12-9-14-7-10-15(24-2)11-8-14/h3-12H,1-2H3,(H2,21,22)/b12-9+. The van der Waals surface area contributed by atoms with Crippen molar-refractivity contribution >= 4 is 28.4 Å². The van der Waals surface area contributed by atoms with Gasteiger partial charge in [-0.2, -0.15) is 0 Å². The second kappa shape index (κ2) is 6.54. The van der Waals surface area contributed by atoms with E-state index in [-0.39, 0.29) is 5.78 Å². The summed E-state index contributed by atoms with van der Waals surface area (Å²) in [4.78, 5) is 17.1. The molecule has 0 radical (unpaired) electrons. The van der Waals surface area contributed by atoms with Gasteiger partial charge in [0.05, 0.1) is 29.6 Å². The first-order valence-electron chi connectivity index (χ1n) is 7.61. The number of carbonyl (C=O) groups excluding carboxylic acids is 1. The van der Waals surface area contributed by atoms with Gasteiger partial charge < -0.3 is 10.5 Å². The molecule has 4 nitrogen and oxygen atoms in total. The van der Waals surface area contributed by atoms with Crippen LogP contribution in [0.5, 0.6) is 5.75 Å². The van der Waals surface area contributed by atoms with Crippen LogP contribution < -0.4 is 10.5 Å². The first-order valence-corrected chi connectivity index (χ1v) is 7.61. The molecule has 0 saturated carbocycles. The molecular weight excluding hydrogens is 300 g/mol. The zero-order valence-corrected chi connectivity index (χ0v) is 13.6. The number of ether oxygens (including phenoxy) is 1. The van der Waals surface area contributed by atoms with E-state index in [9.17, 15) is 4.79 Å². The van der Waals surface area contributed by atoms with Gasteiger partial charge >= 0.3 is 0 Å². The highest BCUT2D eigenvalue weighted by molar-refractivity contribution is 6.14. The van der Waals surface area contributed by atoms with Crippen molar-refractivity contribution in [3.05, 3.63) is 71.4 Å². The summed E-state index contributed by atoms with van der Waals surface area (Å²) in [5.41, 5.74) is 9.49. The average molecular weight is 318 g/mol. The maximum Gasteiger partial charge on any atom is 0.189 e. The summed E-state index contributed by atoms with van der Waals surface area (Å²) in [6.07, 6.45) is 3.28. The first-order chi connectivity index (χ1) is 11.6. The van der Waals surface area contributed by atoms with E-state index in [2.05, 4.69) is 4.98 Å². The van der Waals surface area contributed by atoms with Crippen molar-refractivity contribution in [3.63, 3.8) is 0 Å². The fraction of sp³-hybridized carbons (Fsp3) is 0.100. The van der Waals surface area contributed by atoms with Gasteiger partial charge in [0.2, 0.25) is 0 Å². The Hall–Kier alpha value is -3.14. The van der Waals surface area contributed by atoms with Crippen molar-refractivity contribution in [2.75, 3.05) is 12.8 Å². The minimum Gasteiger partial charge on any atom is -0.497 e. The van der Waals surface area contributed by atoms with Crippen molar-refractivity contribution in [2.45, 2.75) is 6.92 Å². The molecule has 120 valence electrons. The van der Waals surface area contributed by atoms with E-state index in [0.717, 1.165) is 22.2 Å². The highest BCUT2D eigenvalue weighted by Crippen LogP contribution is 2.26. The van der Waals surface area contributed by atoms with Gasteiger partial charge in [0.1, 0.15) is 5.75 Å². The number of nitrogens with zero attached hydrogens (tertiary/aromatic N) is 1. The Morgan fingerprint density at radius 3 is 2.54 bits per heavy atom. The summed E-state index contributed by atoms with van der Waals surface area (Å²) in [5, 5.41) is 0.796. The SMILES string of the molecule is COc1ccc(/C=C/C(=O)c2c(C)nc3ccccc3c2N)cc1. The maximum atomic E-state index is 12.6. The lowest BCUT2D eigenvalue weighted by Gasteiger charge is -2.09. The molecule has 0 bridgehead atoms. The molecular formula is C20H18N2O2. The number of aromatic nitrogens is 1. The number of nitrogen functional groups attached to an aromatic ring is 1. The number of methoxy groups -OCH3 is 1. The minimum atomic E-state index is -0.154. The third-order valence-corrected chi connectivity index (χ3v) is 3.90. The lowest BCUT2D eigenvalue weighted by atomic mass is 10.0. The second-order valence-electron chi connectivity index (χ2n) is 5.47. The molecule has 1 heterocycles. The number of allylic oxidation sites excluding steroid dienone is 1. The summed E-state index contributed by atoms with van der Waals surface area (Å²) >= 11 is 0. The van der Waals surface area contributed by atoms with Crippen LogP contribution in [0.2, 0.25) is 0 Å². The van der Waals surface area contributed by atoms with Gasteiger partial charge in [0, 0.05) is 5.39 Å². The molecule has 24 heavy (non-hydrogen) atoms. The fourth-order valence-electron chi connectivity index (χ4n) is 2.65. The predicted molar refractivity (Wildman–Crippen MR) is 97.3 cm³/mol. The molecule has 0 atom stereocenters. The van der Waals surface area contributed by atoms with Crippen LogP contribution in [0.25, 0.3) is 17.0 Å². The van der Waals surface area contributed by atoms with Gasteiger partial charge in [0.15, 0.2) is 5.78 Å². The number of anilines is 1. The number of benzene rings is 2. The first kappa shape index (κ1) is 15.7. The summed E-state index contributed by atoms with van der Waals surface area (Å²) < 4.78 is 5.12. The molecule has 0 saturated heterocycles. The van der Waals surface area contributed by atoms with Crippen molar-refractivity contribution in [2.24, 2.45) is 0 Å². The molecule has 0 aliphatic carbocycles. The Kier molecular flexibility index (Phi) is 4.29. The Morgan fingerprint density at radius 2 is 1.83 bits per heavy atom. The number of pyridine rings is 1. The lowest BCUT2D eigenvalue weighted by molar-refractivity contribution is 0.104. The van der Waals surface area contributed by atoms with E-state index in [1.54, 1.807) is 20.1 Å². The van der Waals surface area contributed by atoms with E-state index in [1.165, 1.54) is 6.08 Å². The van der Waals surface area contributed by atoms with E-state index in [1.807, 2.05) is 48.5 Å². The maximum absolute atomic E-state index is 12.6. The van der Waals surface area contributed by atoms with Crippen LogP contribution in [0.1, 0.15) is 21.6 Å². The average Bonchev–Trinajstić information content (AvgIpc) is 2.60. The van der Waals surface area contributed by atoms with E-state index < -0.39 is 0 Å². The smallest absolute Gasteiger partial charge is 0.189 e. The van der Waals surface area contributed by atoms with Crippen LogP contribution in [0.15, 0.2) is 54.6 Å². The van der Waals surface area contributed by atoms with Crippen molar-refractivity contribution in [1.82, 2.24) is 4.98 Å². The molecule has 0 fully saturated rings. The molecule has 2 N–H and O–H groups in total. The largest absolute Gasteiger partial charge is 0.497 e. The molecule has 0 spiro atoms. The van der Waals surface area contributed by atoms with Gasteiger partial charge in [-0.25, -0.2) is 0 Å². The van der Waals surface area contributed by atoms with Crippen molar-refractivity contribution in [1.29, 1.82) is 0 Å². The molecule has 1 aromatic heterocycles. The van der Waals surface area contributed by atoms with E-state index in [4.69, 9.17) is 10.5 Å². The third kappa shape index (κ3) is 2.99. The summed E-state index contributed by atoms with van der Waals surface area (Å²) in [5.74, 6) is 0.622. The molecule has 4 heteroatoms. The highest BCUT2D eigenvalue weighted by atomic mass is 16.5. The van der Waals surface area contributed by atoms with Gasteiger partial charge in [-0.05, 0) is 36.8 Å². The van der Waals surface area contributed by atoms with Crippen molar-refractivity contribution in [3.8, 4) is 5.75 Å². The Labute approximate surface area is 140 Å². The fourth-order valence-corrected chi connectivity index (χ4v) is 2.65. The monoisotopic (exact) mass is 318 g/mol. The minimum absolute atomic E-state index is 0.154. The summed E-state index contributed by atoms with van der Waals surface area (Å²) in [7, 11) is 1.62. The van der Waals surface area contributed by atoms with Crippen LogP contribution in [-0.4, -0.2) is 17.9 Å². The Bertz CT molecular complexity index is 928. The molecule has 0 amide bonds. The zero-order valence-electron chi connectivity index (χ0n) is 13.6. The Balaban J connectivity index is 1.94. The number of nitrogens with two attached hydrogens (primary N) is 1. The lowest BCUT2D eigenvalue weighted by Crippen LogP contribution is -2.06. The van der Waals surface area contributed by atoms with Crippen molar-refractivity contribution < 1.29 is 9.53 Å². The van der Waals surface area contributed by atoms with Crippen LogP contribution >= 0.6 is 0 Å². The quantitative estimate of drug-likeness (QED) is 0.582. The second-order valence-corrected chi connectivity index (χ2v) is 5.47. The normalized spacial score (nSPS) is 11.1. The van der Waals surface area contributed by atoms with E-state index >= 15 is 0 Å². The number of aryl methyl sites for hydroxylation is 1. The van der Waals surface area contributed by atoms with Gasteiger partial charge in [0.25, 0.3) is 0 Å². The molecule has 0 aliphatic heterocycles.